The van der Waals surface area contributed by atoms with Gasteiger partial charge in [-0.15, -0.1) is 0 Å². The van der Waals surface area contributed by atoms with E-state index in [0.717, 1.165) is 0 Å². The summed E-state index contributed by atoms with van der Waals surface area (Å²) >= 11 is 0. The summed E-state index contributed by atoms with van der Waals surface area (Å²) in [5.41, 5.74) is -0.414. The van der Waals surface area contributed by atoms with Gasteiger partial charge in [-0.05, 0) is 18.2 Å². The molecule has 2 aromatic rings. The van der Waals surface area contributed by atoms with Crippen LogP contribution in [0.1, 0.15) is 22.5 Å². The van der Waals surface area contributed by atoms with Gasteiger partial charge in [0.15, 0.2) is 5.76 Å². The van der Waals surface area contributed by atoms with Crippen molar-refractivity contribution in [1.29, 1.82) is 0 Å². The number of hydrogen-bond acceptors (Lipinski definition) is 4. The lowest BCUT2D eigenvalue weighted by Crippen LogP contribution is -2.43. The summed E-state index contributed by atoms with van der Waals surface area (Å²) < 4.78 is 10.5. The van der Waals surface area contributed by atoms with Crippen molar-refractivity contribution >= 4 is 5.91 Å². The van der Waals surface area contributed by atoms with Crippen molar-refractivity contribution in [2.24, 2.45) is 0 Å². The Kier molecular flexibility index (Phi) is 3.20. The molecule has 1 amide bonds. The highest BCUT2D eigenvalue weighted by atomic mass is 16.5. The number of para-hydroxylation sites is 1. The van der Waals surface area contributed by atoms with E-state index in [1.54, 1.807) is 12.1 Å². The molecule has 104 valence electrons. The van der Waals surface area contributed by atoms with Gasteiger partial charge in [-0.3, -0.25) is 4.79 Å². The molecular weight excluding hydrogens is 258 g/mol. The Hall–Kier alpha value is -2.27. The van der Waals surface area contributed by atoms with Crippen LogP contribution in [-0.4, -0.2) is 24.2 Å². The van der Waals surface area contributed by atoms with E-state index in [9.17, 15) is 9.90 Å². The molecule has 0 radical (unpaired) electrons. The summed E-state index contributed by atoms with van der Waals surface area (Å²) in [7, 11) is 0. The Morgan fingerprint density at radius 3 is 2.95 bits per heavy atom. The minimum absolute atomic E-state index is 0.118. The molecule has 0 aliphatic carbocycles. The van der Waals surface area contributed by atoms with Gasteiger partial charge in [-0.25, -0.2) is 0 Å². The van der Waals surface area contributed by atoms with E-state index in [1.807, 2.05) is 24.3 Å². The number of carbonyl (C=O) groups excluding carboxylic acids is 1. The molecule has 2 N–H and O–H groups in total. The van der Waals surface area contributed by atoms with Crippen LogP contribution < -0.4 is 10.1 Å². The van der Waals surface area contributed by atoms with E-state index in [0.29, 0.717) is 24.3 Å². The summed E-state index contributed by atoms with van der Waals surface area (Å²) in [4.78, 5) is 11.9. The smallest absolute Gasteiger partial charge is 0.287 e. The molecule has 0 fully saturated rings. The van der Waals surface area contributed by atoms with Crippen molar-refractivity contribution in [3.8, 4) is 5.75 Å². The van der Waals surface area contributed by atoms with Gasteiger partial charge in [0.1, 0.15) is 11.4 Å². The highest BCUT2D eigenvalue weighted by Crippen LogP contribution is 2.36. The summed E-state index contributed by atoms with van der Waals surface area (Å²) in [6, 6.07) is 10.5. The number of furan rings is 1. The second kappa shape index (κ2) is 5.02. The van der Waals surface area contributed by atoms with Crippen LogP contribution in [0.3, 0.4) is 0 Å². The Morgan fingerprint density at radius 2 is 2.15 bits per heavy atom. The molecule has 0 bridgehead atoms. The average Bonchev–Trinajstić information content (AvgIpc) is 3.00. The van der Waals surface area contributed by atoms with Crippen LogP contribution in [-0.2, 0) is 5.60 Å². The van der Waals surface area contributed by atoms with Crippen molar-refractivity contribution < 1.29 is 19.1 Å². The van der Waals surface area contributed by atoms with E-state index >= 15 is 0 Å². The molecule has 5 nitrogen and oxygen atoms in total. The molecule has 2 heterocycles. The topological polar surface area (TPSA) is 71.7 Å². The number of amides is 1. The molecule has 1 aliphatic rings. The number of nitrogens with one attached hydrogen (secondary N) is 1. The lowest BCUT2D eigenvalue weighted by molar-refractivity contribution is -0.00180. The molecule has 0 saturated carbocycles. The molecule has 3 rings (SSSR count). The van der Waals surface area contributed by atoms with Crippen molar-refractivity contribution in [2.75, 3.05) is 13.2 Å². The van der Waals surface area contributed by atoms with Gasteiger partial charge in [0.25, 0.3) is 5.91 Å². The monoisotopic (exact) mass is 273 g/mol. The molecule has 20 heavy (non-hydrogen) atoms. The number of benzene rings is 1. The van der Waals surface area contributed by atoms with Gasteiger partial charge in [0.05, 0.1) is 19.4 Å². The Morgan fingerprint density at radius 1 is 1.30 bits per heavy atom. The van der Waals surface area contributed by atoms with Gasteiger partial charge >= 0.3 is 0 Å². The predicted octanol–water partition coefficient (Wildman–Crippen LogP) is 1.68. The van der Waals surface area contributed by atoms with E-state index in [1.165, 1.54) is 6.26 Å². The lowest BCUT2D eigenvalue weighted by Gasteiger charge is -2.34. The maximum absolute atomic E-state index is 11.9. The summed E-state index contributed by atoms with van der Waals surface area (Å²) in [6.45, 7) is 0.539. The molecule has 1 unspecified atom stereocenters. The minimum Gasteiger partial charge on any atom is -0.493 e. The molecule has 1 atom stereocenters. The zero-order valence-corrected chi connectivity index (χ0v) is 10.8. The van der Waals surface area contributed by atoms with Crippen LogP contribution in [0.5, 0.6) is 5.75 Å². The third-order valence-electron chi connectivity index (χ3n) is 3.45. The molecular formula is C15H15NO4. The number of hydrogen-bond donors (Lipinski definition) is 2. The number of carbonyl (C=O) groups is 1. The fraction of sp³-hybridized carbons (Fsp3) is 0.267. The largest absolute Gasteiger partial charge is 0.493 e. The SMILES string of the molecule is O=C(NCC1(O)CCOc2ccccc21)c1ccco1. The van der Waals surface area contributed by atoms with Crippen molar-refractivity contribution in [2.45, 2.75) is 12.0 Å². The van der Waals surface area contributed by atoms with Gasteiger partial charge in [-0.2, -0.15) is 0 Å². The van der Waals surface area contributed by atoms with E-state index in [4.69, 9.17) is 9.15 Å². The molecule has 1 aromatic carbocycles. The first-order valence-corrected chi connectivity index (χ1v) is 6.45. The van der Waals surface area contributed by atoms with Crippen LogP contribution in [0.2, 0.25) is 0 Å². The van der Waals surface area contributed by atoms with Crippen LogP contribution >= 0.6 is 0 Å². The first-order chi connectivity index (χ1) is 9.69. The molecule has 0 saturated heterocycles. The van der Waals surface area contributed by atoms with Gasteiger partial charge in [0.2, 0.25) is 0 Å². The average molecular weight is 273 g/mol. The minimum atomic E-state index is -1.11. The number of aliphatic hydroxyl groups is 1. The third-order valence-corrected chi connectivity index (χ3v) is 3.45. The molecule has 1 aliphatic heterocycles. The van der Waals surface area contributed by atoms with Crippen LogP contribution in [0, 0.1) is 0 Å². The van der Waals surface area contributed by atoms with Crippen molar-refractivity contribution in [3.63, 3.8) is 0 Å². The quantitative estimate of drug-likeness (QED) is 0.892. The molecule has 1 aromatic heterocycles. The Bertz CT molecular complexity index is 608. The van der Waals surface area contributed by atoms with E-state index in [-0.39, 0.29) is 18.2 Å². The maximum atomic E-state index is 11.9. The fourth-order valence-electron chi connectivity index (χ4n) is 2.35. The first kappa shape index (κ1) is 12.7. The van der Waals surface area contributed by atoms with Gasteiger partial charge in [-0.1, -0.05) is 18.2 Å². The van der Waals surface area contributed by atoms with Gasteiger partial charge in [0, 0.05) is 12.0 Å². The maximum Gasteiger partial charge on any atom is 0.287 e. The normalized spacial score (nSPS) is 20.9. The highest BCUT2D eigenvalue weighted by molar-refractivity contribution is 5.91. The standard InChI is InChI=1S/C15H15NO4/c17-14(13-6-3-8-19-13)16-10-15(18)7-9-20-12-5-2-1-4-11(12)15/h1-6,8,18H,7,9-10H2,(H,16,17). The Labute approximate surface area is 116 Å². The summed E-state index contributed by atoms with van der Waals surface area (Å²) in [5, 5.41) is 13.4. The molecule has 0 spiro atoms. The predicted molar refractivity (Wildman–Crippen MR) is 71.5 cm³/mol. The summed E-state index contributed by atoms with van der Waals surface area (Å²) in [6.07, 6.45) is 1.87. The van der Waals surface area contributed by atoms with E-state index in [2.05, 4.69) is 5.32 Å². The number of ether oxygens (including phenoxy) is 1. The van der Waals surface area contributed by atoms with Crippen LogP contribution in [0.4, 0.5) is 0 Å². The lowest BCUT2D eigenvalue weighted by atomic mass is 9.88. The number of rotatable bonds is 3. The number of fused-ring (bicyclic) bond motifs is 1. The zero-order chi connectivity index (χ0) is 14.0. The van der Waals surface area contributed by atoms with Crippen molar-refractivity contribution in [1.82, 2.24) is 5.32 Å². The third kappa shape index (κ3) is 2.28. The van der Waals surface area contributed by atoms with E-state index < -0.39 is 5.60 Å². The second-order valence-electron chi connectivity index (χ2n) is 4.79. The molecule has 5 heteroatoms. The van der Waals surface area contributed by atoms with Crippen molar-refractivity contribution in [3.05, 3.63) is 54.0 Å². The summed E-state index contributed by atoms with van der Waals surface area (Å²) in [5.74, 6) is 0.551. The van der Waals surface area contributed by atoms with Gasteiger partial charge < -0.3 is 19.6 Å². The van der Waals surface area contributed by atoms with Crippen LogP contribution in [0.25, 0.3) is 0 Å². The zero-order valence-electron chi connectivity index (χ0n) is 10.8. The second-order valence-corrected chi connectivity index (χ2v) is 4.79. The van der Waals surface area contributed by atoms with Crippen LogP contribution in [0.15, 0.2) is 47.1 Å². The Balaban J connectivity index is 1.76. The first-order valence-electron chi connectivity index (χ1n) is 6.45. The highest BCUT2D eigenvalue weighted by Gasteiger charge is 2.35. The fourth-order valence-corrected chi connectivity index (χ4v) is 2.35.